The van der Waals surface area contributed by atoms with Gasteiger partial charge in [-0.1, -0.05) is 12.1 Å². The molecular formula is C13H10F2O. The summed E-state index contributed by atoms with van der Waals surface area (Å²) in [6, 6.07) is 8.19. The zero-order valence-corrected chi connectivity index (χ0v) is 8.67. The minimum absolute atomic E-state index is 0.00217. The second-order valence-electron chi connectivity index (χ2n) is 3.65. The van der Waals surface area contributed by atoms with Gasteiger partial charge in [-0.2, -0.15) is 0 Å². The average molecular weight is 220 g/mol. The van der Waals surface area contributed by atoms with Crippen LogP contribution in [-0.2, 0) is 0 Å². The maximum absolute atomic E-state index is 13.5. The molecule has 2 aromatic carbocycles. The van der Waals surface area contributed by atoms with Crippen LogP contribution < -0.4 is 0 Å². The smallest absolute Gasteiger partial charge is 0.133 e. The van der Waals surface area contributed by atoms with Crippen molar-refractivity contribution in [1.29, 1.82) is 0 Å². The molecule has 0 aliphatic rings. The lowest BCUT2D eigenvalue weighted by molar-refractivity contribution is 0.475. The van der Waals surface area contributed by atoms with Crippen LogP contribution in [0.5, 0.6) is 5.75 Å². The van der Waals surface area contributed by atoms with Crippen LogP contribution in [0.4, 0.5) is 8.78 Å². The van der Waals surface area contributed by atoms with E-state index >= 15 is 0 Å². The SMILES string of the molecule is Cc1cc(O)cc(-c2c(F)cccc2F)c1. The van der Waals surface area contributed by atoms with Crippen molar-refractivity contribution in [2.45, 2.75) is 6.92 Å². The highest BCUT2D eigenvalue weighted by molar-refractivity contribution is 5.67. The third-order valence-corrected chi connectivity index (χ3v) is 2.31. The number of phenols is 1. The van der Waals surface area contributed by atoms with E-state index in [1.54, 1.807) is 13.0 Å². The van der Waals surface area contributed by atoms with Gasteiger partial charge in [-0.15, -0.1) is 0 Å². The van der Waals surface area contributed by atoms with E-state index in [4.69, 9.17) is 0 Å². The summed E-state index contributed by atoms with van der Waals surface area (Å²) in [5, 5.41) is 9.39. The van der Waals surface area contributed by atoms with E-state index in [0.717, 1.165) is 5.56 Å². The molecule has 0 aliphatic heterocycles. The molecule has 0 atom stereocenters. The number of phenolic OH excluding ortho intramolecular Hbond substituents is 1. The number of aromatic hydroxyl groups is 1. The zero-order chi connectivity index (χ0) is 11.7. The Bertz CT molecular complexity index is 495. The maximum Gasteiger partial charge on any atom is 0.133 e. The maximum atomic E-state index is 13.5. The summed E-state index contributed by atoms with van der Waals surface area (Å²) in [5.41, 5.74) is 0.979. The van der Waals surface area contributed by atoms with Crippen molar-refractivity contribution in [3.8, 4) is 16.9 Å². The van der Waals surface area contributed by atoms with E-state index in [0.29, 0.717) is 5.56 Å². The summed E-state index contributed by atoms with van der Waals surface area (Å²) in [7, 11) is 0. The summed E-state index contributed by atoms with van der Waals surface area (Å²) in [6.07, 6.45) is 0. The first kappa shape index (κ1) is 10.6. The third kappa shape index (κ3) is 1.89. The van der Waals surface area contributed by atoms with Crippen molar-refractivity contribution < 1.29 is 13.9 Å². The lowest BCUT2D eigenvalue weighted by Crippen LogP contribution is -1.90. The molecule has 2 rings (SSSR count). The van der Waals surface area contributed by atoms with E-state index in [2.05, 4.69) is 0 Å². The quantitative estimate of drug-likeness (QED) is 0.777. The monoisotopic (exact) mass is 220 g/mol. The Balaban J connectivity index is 2.67. The molecule has 0 aliphatic carbocycles. The normalized spacial score (nSPS) is 10.4. The minimum Gasteiger partial charge on any atom is -0.508 e. The highest BCUT2D eigenvalue weighted by Crippen LogP contribution is 2.29. The van der Waals surface area contributed by atoms with Crippen molar-refractivity contribution in [2.24, 2.45) is 0 Å². The summed E-state index contributed by atoms with van der Waals surface area (Å²) >= 11 is 0. The Hall–Kier alpha value is -1.90. The highest BCUT2D eigenvalue weighted by Gasteiger charge is 2.11. The standard InChI is InChI=1S/C13H10F2O/c1-8-5-9(7-10(16)6-8)13-11(14)3-2-4-12(13)15/h2-7,16H,1H3. The molecule has 82 valence electrons. The van der Waals surface area contributed by atoms with Crippen LogP contribution >= 0.6 is 0 Å². The fraction of sp³-hybridized carbons (Fsp3) is 0.0769. The van der Waals surface area contributed by atoms with Gasteiger partial charge in [-0.25, -0.2) is 8.78 Å². The Morgan fingerprint density at radius 3 is 2.19 bits per heavy atom. The fourth-order valence-electron chi connectivity index (χ4n) is 1.68. The van der Waals surface area contributed by atoms with Crippen LogP contribution in [0, 0.1) is 18.6 Å². The minimum atomic E-state index is -0.634. The van der Waals surface area contributed by atoms with E-state index < -0.39 is 11.6 Å². The summed E-state index contributed by atoms with van der Waals surface area (Å²) < 4.78 is 27.0. The molecule has 0 radical (unpaired) electrons. The van der Waals surface area contributed by atoms with Crippen molar-refractivity contribution in [3.05, 3.63) is 53.6 Å². The van der Waals surface area contributed by atoms with Gasteiger partial charge in [0, 0.05) is 0 Å². The van der Waals surface area contributed by atoms with Crippen LogP contribution in [-0.4, -0.2) is 5.11 Å². The van der Waals surface area contributed by atoms with Gasteiger partial charge in [0.05, 0.1) is 5.56 Å². The topological polar surface area (TPSA) is 20.2 Å². The second kappa shape index (κ2) is 3.93. The zero-order valence-electron chi connectivity index (χ0n) is 8.67. The van der Waals surface area contributed by atoms with Gasteiger partial charge in [0.15, 0.2) is 0 Å². The number of aryl methyl sites for hydroxylation is 1. The highest BCUT2D eigenvalue weighted by atomic mass is 19.1. The van der Waals surface area contributed by atoms with Crippen molar-refractivity contribution in [3.63, 3.8) is 0 Å². The Kier molecular flexibility index (Phi) is 2.60. The third-order valence-electron chi connectivity index (χ3n) is 2.31. The molecule has 0 spiro atoms. The van der Waals surface area contributed by atoms with Crippen molar-refractivity contribution >= 4 is 0 Å². The van der Waals surface area contributed by atoms with Gasteiger partial charge in [-0.3, -0.25) is 0 Å². The molecule has 0 saturated carbocycles. The molecule has 2 aromatic rings. The number of benzene rings is 2. The first-order chi connectivity index (χ1) is 7.58. The number of halogens is 2. The number of hydrogen-bond donors (Lipinski definition) is 1. The molecule has 16 heavy (non-hydrogen) atoms. The van der Waals surface area contributed by atoms with E-state index in [-0.39, 0.29) is 11.3 Å². The predicted molar refractivity (Wildman–Crippen MR) is 58.2 cm³/mol. The largest absolute Gasteiger partial charge is 0.508 e. The first-order valence-corrected chi connectivity index (χ1v) is 4.83. The van der Waals surface area contributed by atoms with Crippen LogP contribution in [0.3, 0.4) is 0 Å². The Labute approximate surface area is 92.0 Å². The lowest BCUT2D eigenvalue weighted by atomic mass is 10.0. The molecule has 0 bridgehead atoms. The first-order valence-electron chi connectivity index (χ1n) is 4.83. The van der Waals surface area contributed by atoms with E-state index in [1.807, 2.05) is 0 Å². The van der Waals surface area contributed by atoms with Gasteiger partial charge in [-0.05, 0) is 42.3 Å². The van der Waals surface area contributed by atoms with Crippen LogP contribution in [0.25, 0.3) is 11.1 Å². The molecule has 0 saturated heterocycles. The van der Waals surface area contributed by atoms with E-state index in [9.17, 15) is 13.9 Å². The van der Waals surface area contributed by atoms with Crippen molar-refractivity contribution in [1.82, 2.24) is 0 Å². The van der Waals surface area contributed by atoms with Gasteiger partial charge in [0.25, 0.3) is 0 Å². The predicted octanol–water partition coefficient (Wildman–Crippen LogP) is 3.65. The van der Waals surface area contributed by atoms with Gasteiger partial charge >= 0.3 is 0 Å². The molecule has 0 heterocycles. The summed E-state index contributed by atoms with van der Waals surface area (Å²) in [4.78, 5) is 0. The lowest BCUT2D eigenvalue weighted by Gasteiger charge is -2.06. The summed E-state index contributed by atoms with van der Waals surface area (Å²) in [6.45, 7) is 1.75. The Morgan fingerprint density at radius 1 is 1.00 bits per heavy atom. The molecule has 0 unspecified atom stereocenters. The average Bonchev–Trinajstić information content (AvgIpc) is 2.15. The van der Waals surface area contributed by atoms with Crippen LogP contribution in [0.1, 0.15) is 5.56 Å². The molecule has 1 N–H and O–H groups in total. The molecule has 3 heteroatoms. The number of hydrogen-bond acceptors (Lipinski definition) is 1. The van der Waals surface area contributed by atoms with Crippen LogP contribution in [0.2, 0.25) is 0 Å². The van der Waals surface area contributed by atoms with Gasteiger partial charge < -0.3 is 5.11 Å². The summed E-state index contributed by atoms with van der Waals surface area (Å²) in [5.74, 6) is -1.27. The Morgan fingerprint density at radius 2 is 1.62 bits per heavy atom. The molecule has 0 amide bonds. The molecule has 1 nitrogen and oxygen atoms in total. The second-order valence-corrected chi connectivity index (χ2v) is 3.65. The fourth-order valence-corrected chi connectivity index (χ4v) is 1.68. The molecular weight excluding hydrogens is 210 g/mol. The van der Waals surface area contributed by atoms with Crippen LogP contribution in [0.15, 0.2) is 36.4 Å². The van der Waals surface area contributed by atoms with Gasteiger partial charge in [0.1, 0.15) is 17.4 Å². The number of rotatable bonds is 1. The van der Waals surface area contributed by atoms with Gasteiger partial charge in [0.2, 0.25) is 0 Å². The molecule has 0 fully saturated rings. The van der Waals surface area contributed by atoms with Crippen molar-refractivity contribution in [2.75, 3.05) is 0 Å². The van der Waals surface area contributed by atoms with E-state index in [1.165, 1.54) is 30.3 Å². The molecule has 0 aromatic heterocycles.